The van der Waals surface area contributed by atoms with Gasteiger partial charge in [-0.05, 0) is 74.5 Å². The molecule has 2 heterocycles. The van der Waals surface area contributed by atoms with Crippen LogP contribution in [0.15, 0.2) is 24.3 Å². The minimum atomic E-state index is -1.26. The molecule has 0 radical (unpaired) electrons. The van der Waals surface area contributed by atoms with Crippen molar-refractivity contribution in [3.8, 4) is 5.75 Å². The van der Waals surface area contributed by atoms with E-state index in [1.54, 1.807) is 12.1 Å². The lowest BCUT2D eigenvalue weighted by atomic mass is 9.92. The fourth-order valence-electron chi connectivity index (χ4n) is 7.59. The summed E-state index contributed by atoms with van der Waals surface area (Å²) in [6.07, 6.45) is 4.15. The SMILES string of the molecule is CC(C)CC(CC(=O)NO)C(=O)N[C@@H](CC(C)C)C(=O)N[C@@H](Cc1ccc(O)cc1)C(=O)NCC(=O)NCC(=O)N[C@@H](CCCCNC(=O)CCCC[C@@H]1SC[C@@H]2NC(=O)N[C@@H]21)C(N)=O. The number of urea groups is 1. The van der Waals surface area contributed by atoms with Crippen LogP contribution in [0.3, 0.4) is 0 Å². The van der Waals surface area contributed by atoms with Gasteiger partial charge in [0.05, 0.1) is 25.2 Å². The van der Waals surface area contributed by atoms with Gasteiger partial charge in [-0.2, -0.15) is 11.8 Å². The number of benzene rings is 1. The van der Waals surface area contributed by atoms with Crippen molar-refractivity contribution in [3.05, 3.63) is 29.8 Å². The molecule has 13 N–H and O–H groups in total. The molecular weight excluding hydrogens is 865 g/mol. The van der Waals surface area contributed by atoms with Gasteiger partial charge in [0.1, 0.15) is 23.9 Å². The molecular formula is C43H68N10O11S. The second-order valence-electron chi connectivity index (χ2n) is 17.4. The lowest BCUT2D eigenvalue weighted by molar-refractivity contribution is -0.137. The minimum Gasteiger partial charge on any atom is -0.508 e. The van der Waals surface area contributed by atoms with Crippen molar-refractivity contribution in [2.75, 3.05) is 25.4 Å². The highest BCUT2D eigenvalue weighted by Crippen LogP contribution is 2.33. The Hall–Kier alpha value is -5.64. The van der Waals surface area contributed by atoms with Gasteiger partial charge in [-0.15, -0.1) is 0 Å². The van der Waals surface area contributed by atoms with Gasteiger partial charge < -0.3 is 53.4 Å². The Kier molecular flexibility index (Phi) is 22.8. The van der Waals surface area contributed by atoms with E-state index >= 15 is 0 Å². The van der Waals surface area contributed by atoms with E-state index in [2.05, 4.69) is 42.5 Å². The fourth-order valence-corrected chi connectivity index (χ4v) is 9.13. The summed E-state index contributed by atoms with van der Waals surface area (Å²) in [5.41, 5.74) is 7.59. The van der Waals surface area contributed by atoms with Gasteiger partial charge in [0.2, 0.25) is 47.3 Å². The molecule has 1 unspecified atom stereocenters. The number of thioether (sulfide) groups is 1. The van der Waals surface area contributed by atoms with Crippen molar-refractivity contribution < 1.29 is 53.5 Å². The van der Waals surface area contributed by atoms with Gasteiger partial charge in [0, 0.05) is 42.7 Å². The monoisotopic (exact) mass is 932 g/mol. The number of rotatable bonds is 29. The topological polar surface area (TPSA) is 328 Å². The highest BCUT2D eigenvalue weighted by atomic mass is 32.2. The van der Waals surface area contributed by atoms with Gasteiger partial charge in [-0.3, -0.25) is 43.6 Å². The lowest BCUT2D eigenvalue weighted by Gasteiger charge is -2.26. The highest BCUT2D eigenvalue weighted by Gasteiger charge is 2.42. The summed E-state index contributed by atoms with van der Waals surface area (Å²) in [6.45, 7) is 6.64. The second kappa shape index (κ2) is 27.6. The lowest BCUT2D eigenvalue weighted by Crippen LogP contribution is -2.56. The summed E-state index contributed by atoms with van der Waals surface area (Å²) < 4.78 is 0. The Labute approximate surface area is 383 Å². The number of primary amides is 1. The summed E-state index contributed by atoms with van der Waals surface area (Å²) >= 11 is 1.83. The molecule has 1 aromatic carbocycles. The number of carbonyl (C=O) groups excluding carboxylic acids is 9. The normalized spacial score (nSPS) is 18.2. The van der Waals surface area contributed by atoms with Crippen LogP contribution in [-0.2, 0) is 44.8 Å². The smallest absolute Gasteiger partial charge is 0.315 e. The number of phenols is 1. The Balaban J connectivity index is 1.44. The average molecular weight is 933 g/mol. The molecule has 0 saturated carbocycles. The van der Waals surface area contributed by atoms with Crippen molar-refractivity contribution in [1.29, 1.82) is 0 Å². The molecule has 2 saturated heterocycles. The third-order valence-corrected chi connectivity index (χ3v) is 12.4. The molecule has 2 aliphatic heterocycles. The number of unbranched alkanes of at least 4 members (excludes halogenated alkanes) is 2. The van der Waals surface area contributed by atoms with Crippen molar-refractivity contribution in [3.63, 3.8) is 0 Å². The van der Waals surface area contributed by atoms with Crippen LogP contribution in [0.1, 0.15) is 97.5 Å². The maximum Gasteiger partial charge on any atom is 0.315 e. The Morgan fingerprint density at radius 3 is 2.08 bits per heavy atom. The summed E-state index contributed by atoms with van der Waals surface area (Å²) in [5.74, 6) is -5.20. The number of nitrogens with two attached hydrogens (primary N) is 1. The van der Waals surface area contributed by atoms with Crippen molar-refractivity contribution in [1.82, 2.24) is 48.0 Å². The molecule has 2 fully saturated rings. The van der Waals surface area contributed by atoms with Gasteiger partial charge in [-0.1, -0.05) is 46.2 Å². The van der Waals surface area contributed by atoms with E-state index in [0.717, 1.165) is 25.0 Å². The molecule has 3 rings (SSSR count). The maximum absolute atomic E-state index is 13.7. The third kappa shape index (κ3) is 20.0. The Morgan fingerprint density at radius 1 is 0.738 bits per heavy atom. The van der Waals surface area contributed by atoms with Gasteiger partial charge in [0.15, 0.2) is 0 Å². The molecule has 1 aromatic rings. The largest absolute Gasteiger partial charge is 0.508 e. The first-order valence-corrected chi connectivity index (χ1v) is 23.3. The minimum absolute atomic E-state index is 0.00965. The van der Waals surface area contributed by atoms with E-state index < -0.39 is 78.5 Å². The second-order valence-corrected chi connectivity index (χ2v) is 18.7. The van der Waals surface area contributed by atoms with Crippen LogP contribution in [-0.4, -0.2) is 124 Å². The van der Waals surface area contributed by atoms with E-state index in [4.69, 9.17) is 10.9 Å². The van der Waals surface area contributed by atoms with Gasteiger partial charge in [0.25, 0.3) is 0 Å². The molecule has 0 aliphatic carbocycles. The van der Waals surface area contributed by atoms with Crippen molar-refractivity contribution in [2.45, 2.75) is 134 Å². The van der Waals surface area contributed by atoms with E-state index in [9.17, 15) is 48.3 Å². The third-order valence-electron chi connectivity index (χ3n) is 10.9. The number of nitrogens with one attached hydrogen (secondary N) is 9. The summed E-state index contributed by atoms with van der Waals surface area (Å²) in [4.78, 5) is 114. The number of carbonyl (C=O) groups is 9. The standard InChI is InChI=1S/C43H68N10O11S/c1-24(2)17-27(20-35(56)53-64)40(60)49-30(18-25(3)4)42(62)50-31(19-26-12-14-28(54)15-13-26)41(61)47-21-36(57)46-22-37(58)48-29(39(44)59)9-7-8-16-45-34(55)11-6-5-10-33-38-32(23-65-33)51-43(63)52-38/h12-15,24-25,27,29-33,38,54,64H,5-11,16-23H2,1-4H3,(H2,44,59)(H,45,55)(H,46,57)(H,47,61)(H,48,58)(H,49,60)(H,50,62)(H,53,56)(H2,51,52,63)/t27?,29-,30-,31-,32-,33-,38-/m0/s1. The average Bonchev–Trinajstić information content (AvgIpc) is 3.81. The predicted molar refractivity (Wildman–Crippen MR) is 241 cm³/mol. The van der Waals surface area contributed by atoms with Crippen LogP contribution < -0.4 is 53.7 Å². The molecule has 10 amide bonds. The van der Waals surface area contributed by atoms with Crippen LogP contribution in [0.2, 0.25) is 0 Å². The zero-order chi connectivity index (χ0) is 48.1. The molecule has 0 aromatic heterocycles. The van der Waals surface area contributed by atoms with Crippen LogP contribution in [0.25, 0.3) is 0 Å². The van der Waals surface area contributed by atoms with Crippen LogP contribution in [0.5, 0.6) is 5.75 Å². The number of fused-ring (bicyclic) bond motifs is 1. The number of phenolic OH excluding ortho intramolecular Hbond substituents is 1. The fraction of sp³-hybridized carbons (Fsp3) is 0.651. The zero-order valence-corrected chi connectivity index (χ0v) is 38.5. The molecule has 22 heteroatoms. The summed E-state index contributed by atoms with van der Waals surface area (Å²) in [5, 5.41) is 40.6. The maximum atomic E-state index is 13.7. The molecule has 65 heavy (non-hydrogen) atoms. The van der Waals surface area contributed by atoms with Crippen molar-refractivity contribution in [2.24, 2.45) is 23.5 Å². The Bertz CT molecular complexity index is 1800. The number of hydrogen-bond acceptors (Lipinski definition) is 12. The number of hydrogen-bond donors (Lipinski definition) is 12. The van der Waals surface area contributed by atoms with Crippen LogP contribution in [0, 0.1) is 17.8 Å². The van der Waals surface area contributed by atoms with Crippen LogP contribution >= 0.6 is 11.8 Å². The molecule has 7 atom stereocenters. The number of aromatic hydroxyl groups is 1. The van der Waals surface area contributed by atoms with E-state index in [1.165, 1.54) is 17.6 Å². The summed E-state index contributed by atoms with van der Waals surface area (Å²) in [6, 6.07) is 2.67. The van der Waals surface area contributed by atoms with Crippen molar-refractivity contribution >= 4 is 65.1 Å². The first kappa shape index (κ1) is 53.7. The first-order chi connectivity index (χ1) is 30.8. The Morgan fingerprint density at radius 2 is 1.42 bits per heavy atom. The molecule has 2 aliphatic rings. The summed E-state index contributed by atoms with van der Waals surface area (Å²) in [7, 11) is 0. The quantitative estimate of drug-likeness (QED) is 0.0214. The zero-order valence-electron chi connectivity index (χ0n) is 37.7. The van der Waals surface area contributed by atoms with E-state index in [0.29, 0.717) is 43.0 Å². The van der Waals surface area contributed by atoms with Crippen LogP contribution in [0.4, 0.5) is 4.79 Å². The van der Waals surface area contributed by atoms with Gasteiger partial charge in [-0.25, -0.2) is 10.3 Å². The van der Waals surface area contributed by atoms with E-state index in [1.807, 2.05) is 39.5 Å². The van der Waals surface area contributed by atoms with E-state index in [-0.39, 0.29) is 67.3 Å². The molecule has 0 bridgehead atoms. The number of amides is 10. The molecule has 0 spiro atoms. The highest BCUT2D eigenvalue weighted by molar-refractivity contribution is 8.00. The first-order valence-electron chi connectivity index (χ1n) is 22.2. The molecule has 362 valence electrons. The van der Waals surface area contributed by atoms with Gasteiger partial charge >= 0.3 is 6.03 Å². The predicted octanol–water partition coefficient (Wildman–Crippen LogP) is -0.277. The number of hydroxylamine groups is 1. The molecule has 21 nitrogen and oxygen atoms in total.